The van der Waals surface area contributed by atoms with Crippen molar-refractivity contribution in [3.8, 4) is 0 Å². The fourth-order valence-electron chi connectivity index (χ4n) is 3.62. The zero-order valence-corrected chi connectivity index (χ0v) is 16.0. The van der Waals surface area contributed by atoms with Crippen LogP contribution in [0.15, 0.2) is 29.1 Å². The number of rotatable bonds is 3. The maximum atomic E-state index is 12.8. The van der Waals surface area contributed by atoms with E-state index in [2.05, 4.69) is 5.10 Å². The maximum absolute atomic E-state index is 12.8. The summed E-state index contributed by atoms with van der Waals surface area (Å²) in [6.45, 7) is 4.71. The summed E-state index contributed by atoms with van der Waals surface area (Å²) in [5, 5.41) is 4.36. The summed E-state index contributed by atoms with van der Waals surface area (Å²) >= 11 is 0. The molecule has 1 atom stereocenters. The van der Waals surface area contributed by atoms with Crippen LogP contribution in [0.4, 0.5) is 13.2 Å². The van der Waals surface area contributed by atoms with Crippen molar-refractivity contribution < 1.29 is 18.0 Å². The zero-order valence-electron chi connectivity index (χ0n) is 16.0. The third-order valence-corrected chi connectivity index (χ3v) is 5.03. The summed E-state index contributed by atoms with van der Waals surface area (Å²) < 4.78 is 41.1. The fraction of sp³-hybridized carbons (Fsp3) is 0.526. The Morgan fingerprint density at radius 1 is 1.21 bits per heavy atom. The largest absolute Gasteiger partial charge is 0.416 e. The first-order chi connectivity index (χ1) is 13.1. The van der Waals surface area contributed by atoms with Gasteiger partial charge in [-0.3, -0.25) is 9.36 Å². The number of aromatic nitrogens is 3. The number of likely N-dealkylation sites (tertiary alicyclic amines) is 1. The van der Waals surface area contributed by atoms with E-state index in [1.807, 2.05) is 13.8 Å². The third kappa shape index (κ3) is 3.83. The average molecular weight is 396 g/mol. The lowest BCUT2D eigenvalue weighted by Crippen LogP contribution is -2.40. The van der Waals surface area contributed by atoms with Crippen LogP contribution in [0.2, 0.25) is 0 Å². The molecule has 2 aromatic rings. The van der Waals surface area contributed by atoms with E-state index in [1.165, 1.54) is 16.8 Å². The predicted octanol–water partition coefficient (Wildman–Crippen LogP) is 3.20. The Labute approximate surface area is 160 Å². The van der Waals surface area contributed by atoms with Crippen LogP contribution < -0.4 is 5.69 Å². The Kier molecular flexibility index (Phi) is 5.36. The van der Waals surface area contributed by atoms with Gasteiger partial charge in [-0.25, -0.2) is 9.48 Å². The van der Waals surface area contributed by atoms with E-state index in [0.717, 1.165) is 25.0 Å². The molecule has 3 rings (SSSR count). The predicted molar refractivity (Wildman–Crippen MR) is 97.2 cm³/mol. The van der Waals surface area contributed by atoms with Crippen molar-refractivity contribution in [3.63, 3.8) is 0 Å². The monoisotopic (exact) mass is 396 g/mol. The van der Waals surface area contributed by atoms with Crippen LogP contribution in [0.1, 0.15) is 60.4 Å². The second-order valence-corrected chi connectivity index (χ2v) is 7.39. The topological polar surface area (TPSA) is 60.1 Å². The highest BCUT2D eigenvalue weighted by Crippen LogP contribution is 2.30. The van der Waals surface area contributed by atoms with Gasteiger partial charge in [-0.15, -0.1) is 0 Å². The van der Waals surface area contributed by atoms with Gasteiger partial charge in [0.15, 0.2) is 0 Å². The molecular formula is C19H23F3N4O2. The van der Waals surface area contributed by atoms with Gasteiger partial charge in [0.2, 0.25) is 0 Å². The summed E-state index contributed by atoms with van der Waals surface area (Å²) in [5.41, 5.74) is -0.762. The van der Waals surface area contributed by atoms with Gasteiger partial charge in [-0.2, -0.15) is 18.3 Å². The number of hydrogen-bond donors (Lipinski definition) is 0. The van der Waals surface area contributed by atoms with Crippen molar-refractivity contribution in [2.24, 2.45) is 7.05 Å². The first-order valence-electron chi connectivity index (χ1n) is 9.21. The fourth-order valence-corrected chi connectivity index (χ4v) is 3.62. The molecule has 0 radical (unpaired) electrons. The first-order valence-corrected chi connectivity index (χ1v) is 9.21. The van der Waals surface area contributed by atoms with Gasteiger partial charge in [-0.05, 0) is 51.0 Å². The van der Waals surface area contributed by atoms with E-state index >= 15 is 0 Å². The maximum Gasteiger partial charge on any atom is 0.416 e. The van der Waals surface area contributed by atoms with Crippen LogP contribution in [-0.2, 0) is 13.2 Å². The number of alkyl halides is 3. The van der Waals surface area contributed by atoms with Crippen LogP contribution in [0, 0.1) is 0 Å². The van der Waals surface area contributed by atoms with Crippen molar-refractivity contribution in [1.29, 1.82) is 0 Å². The minimum absolute atomic E-state index is 0.0582. The molecule has 1 saturated heterocycles. The molecule has 0 aliphatic carbocycles. The first kappa shape index (κ1) is 20.2. The molecule has 0 N–H and O–H groups in total. The van der Waals surface area contributed by atoms with Gasteiger partial charge >= 0.3 is 11.9 Å². The standard InChI is InChI=1S/C19H23F3N4O2/c1-12(2)26-16(23-24(3)18(26)28)14-5-4-10-25(11-14)17(27)13-6-8-15(9-7-13)19(20,21)22/h6-9,12,14H,4-5,10-11H2,1-3H3. The zero-order chi connectivity index (χ0) is 20.6. The van der Waals surface area contributed by atoms with Crippen molar-refractivity contribution in [3.05, 3.63) is 51.7 Å². The normalized spacial score (nSPS) is 18.0. The van der Waals surface area contributed by atoms with Gasteiger partial charge in [0.25, 0.3) is 5.91 Å². The number of carbonyl (C=O) groups excluding carboxylic acids is 1. The van der Waals surface area contributed by atoms with E-state index in [-0.39, 0.29) is 29.1 Å². The Balaban J connectivity index is 1.81. The van der Waals surface area contributed by atoms with Gasteiger partial charge in [0.1, 0.15) is 5.82 Å². The second-order valence-electron chi connectivity index (χ2n) is 7.39. The second kappa shape index (κ2) is 7.44. The van der Waals surface area contributed by atoms with E-state index in [0.29, 0.717) is 18.9 Å². The highest BCUT2D eigenvalue weighted by Gasteiger charge is 2.32. The Hall–Kier alpha value is -2.58. The average Bonchev–Trinajstić information content (AvgIpc) is 2.96. The molecule has 6 nitrogen and oxygen atoms in total. The molecule has 1 aliphatic heterocycles. The molecule has 1 aromatic carbocycles. The lowest BCUT2D eigenvalue weighted by atomic mass is 9.96. The number of piperidine rings is 1. The van der Waals surface area contributed by atoms with Gasteiger partial charge in [0.05, 0.1) is 5.56 Å². The Morgan fingerprint density at radius 3 is 2.43 bits per heavy atom. The number of carbonyl (C=O) groups is 1. The summed E-state index contributed by atoms with van der Waals surface area (Å²) in [6, 6.07) is 4.20. The summed E-state index contributed by atoms with van der Waals surface area (Å²) in [4.78, 5) is 26.7. The van der Waals surface area contributed by atoms with Crippen molar-refractivity contribution >= 4 is 5.91 Å². The third-order valence-electron chi connectivity index (χ3n) is 5.03. The highest BCUT2D eigenvalue weighted by atomic mass is 19.4. The van der Waals surface area contributed by atoms with Crippen molar-refractivity contribution in [1.82, 2.24) is 19.2 Å². The molecule has 2 heterocycles. The Morgan fingerprint density at radius 2 is 1.86 bits per heavy atom. The molecule has 1 aliphatic rings. The van der Waals surface area contributed by atoms with E-state index in [4.69, 9.17) is 0 Å². The quantitative estimate of drug-likeness (QED) is 0.801. The number of benzene rings is 1. The Bertz CT molecular complexity index is 913. The molecule has 9 heteroatoms. The van der Waals surface area contributed by atoms with Crippen molar-refractivity contribution in [2.45, 2.75) is 44.8 Å². The molecular weight excluding hydrogens is 373 g/mol. The number of amides is 1. The molecule has 1 fully saturated rings. The van der Waals surface area contributed by atoms with Crippen LogP contribution >= 0.6 is 0 Å². The SMILES string of the molecule is CC(C)n1c(C2CCCN(C(=O)c3ccc(C(F)(F)F)cc3)C2)nn(C)c1=O. The van der Waals surface area contributed by atoms with Gasteiger partial charge in [-0.1, -0.05) is 0 Å². The van der Waals surface area contributed by atoms with Crippen LogP contribution in [0.25, 0.3) is 0 Å². The summed E-state index contributed by atoms with van der Waals surface area (Å²) in [6.07, 6.45) is -2.91. The lowest BCUT2D eigenvalue weighted by molar-refractivity contribution is -0.137. The molecule has 152 valence electrons. The molecule has 1 unspecified atom stereocenters. The number of halogens is 3. The van der Waals surface area contributed by atoms with Crippen LogP contribution in [0.5, 0.6) is 0 Å². The smallest absolute Gasteiger partial charge is 0.338 e. The van der Waals surface area contributed by atoms with E-state index < -0.39 is 11.7 Å². The van der Waals surface area contributed by atoms with Gasteiger partial charge < -0.3 is 4.90 Å². The minimum atomic E-state index is -4.43. The van der Waals surface area contributed by atoms with Crippen LogP contribution in [0.3, 0.4) is 0 Å². The number of nitrogens with zero attached hydrogens (tertiary/aromatic N) is 4. The van der Waals surface area contributed by atoms with E-state index in [9.17, 15) is 22.8 Å². The summed E-state index contributed by atoms with van der Waals surface area (Å²) in [7, 11) is 1.60. The minimum Gasteiger partial charge on any atom is -0.338 e. The number of aryl methyl sites for hydroxylation is 1. The molecule has 0 spiro atoms. The lowest BCUT2D eigenvalue weighted by Gasteiger charge is -2.32. The number of hydrogen-bond acceptors (Lipinski definition) is 3. The van der Waals surface area contributed by atoms with Gasteiger partial charge in [0, 0.05) is 37.7 Å². The molecule has 1 aromatic heterocycles. The van der Waals surface area contributed by atoms with Crippen LogP contribution in [-0.4, -0.2) is 38.2 Å². The molecule has 0 bridgehead atoms. The van der Waals surface area contributed by atoms with E-state index in [1.54, 1.807) is 16.5 Å². The summed E-state index contributed by atoms with van der Waals surface area (Å²) in [5.74, 6) is 0.240. The molecule has 28 heavy (non-hydrogen) atoms. The highest BCUT2D eigenvalue weighted by molar-refractivity contribution is 5.94. The van der Waals surface area contributed by atoms with Crippen molar-refractivity contribution in [2.75, 3.05) is 13.1 Å². The molecule has 0 saturated carbocycles. The molecule has 1 amide bonds.